The molecule has 0 saturated carbocycles. The number of H-pyrrole nitrogens is 1. The third-order valence-corrected chi connectivity index (χ3v) is 5.23. The smallest absolute Gasteiger partial charge is 0.194 e. The van der Waals surface area contributed by atoms with Crippen LogP contribution in [-0.4, -0.2) is 19.6 Å². The molecule has 4 rings (SSSR count). The highest BCUT2D eigenvalue weighted by Gasteiger charge is 2.11. The summed E-state index contributed by atoms with van der Waals surface area (Å²) >= 11 is 7.79. The van der Waals surface area contributed by atoms with E-state index in [1.54, 1.807) is 6.20 Å². The molecule has 0 aliphatic rings. The fourth-order valence-corrected chi connectivity index (χ4v) is 3.94. The maximum absolute atomic E-state index is 9.71. The molecule has 3 heterocycles. The number of para-hydroxylation sites is 1. The molecule has 26 heavy (non-hydrogen) atoms. The van der Waals surface area contributed by atoms with Crippen LogP contribution in [0, 0.1) is 0 Å². The Labute approximate surface area is 158 Å². The summed E-state index contributed by atoms with van der Waals surface area (Å²) < 4.78 is 1.85. The number of fused-ring (bicyclic) bond motifs is 1. The van der Waals surface area contributed by atoms with E-state index >= 15 is 0 Å². The Hall–Kier alpha value is -2.67. The lowest BCUT2D eigenvalue weighted by Gasteiger charge is -2.09. The minimum absolute atomic E-state index is 0.110. The van der Waals surface area contributed by atoms with Crippen molar-refractivity contribution in [3.8, 4) is 5.69 Å². The molecule has 0 fully saturated rings. The van der Waals surface area contributed by atoms with Gasteiger partial charge in [-0.15, -0.1) is 11.3 Å². The number of aromatic amines is 1. The standard InChI is InChI=1S/C19H15ClN4OS/c1-12(14-6-8-21-18-15(14)7-9-22-18)23-19-24(13(10-25)11-26-19)17-5-3-2-4-16(17)20/h2-9,11,25H,1,10H2,(H,21,22). The minimum atomic E-state index is -0.110. The highest BCUT2D eigenvalue weighted by atomic mass is 35.5. The number of rotatable bonds is 4. The van der Waals surface area contributed by atoms with E-state index in [4.69, 9.17) is 16.6 Å². The molecule has 130 valence electrons. The molecule has 0 atom stereocenters. The largest absolute Gasteiger partial charge is 0.390 e. The average molecular weight is 383 g/mol. The molecule has 1 aromatic carbocycles. The molecule has 0 bridgehead atoms. The summed E-state index contributed by atoms with van der Waals surface area (Å²) in [6, 6.07) is 11.3. The highest BCUT2D eigenvalue weighted by Crippen LogP contribution is 2.24. The van der Waals surface area contributed by atoms with Crippen LogP contribution in [0.3, 0.4) is 0 Å². The molecule has 2 N–H and O–H groups in total. The molecule has 7 heteroatoms. The monoisotopic (exact) mass is 382 g/mol. The SMILES string of the molecule is C=C(N=c1scc(CO)n1-c1ccccc1Cl)c1ccnc2[nH]ccc12. The maximum atomic E-state index is 9.71. The van der Waals surface area contributed by atoms with Crippen molar-refractivity contribution in [2.24, 2.45) is 4.99 Å². The second-order valence-electron chi connectivity index (χ2n) is 5.61. The second kappa shape index (κ2) is 6.92. The van der Waals surface area contributed by atoms with E-state index < -0.39 is 0 Å². The van der Waals surface area contributed by atoms with Gasteiger partial charge in [0.25, 0.3) is 0 Å². The molecule has 0 aliphatic heterocycles. The summed E-state index contributed by atoms with van der Waals surface area (Å²) in [4.78, 5) is 12.8. The van der Waals surface area contributed by atoms with Crippen molar-refractivity contribution in [2.75, 3.05) is 0 Å². The third-order valence-electron chi connectivity index (χ3n) is 4.04. The maximum Gasteiger partial charge on any atom is 0.194 e. The van der Waals surface area contributed by atoms with Crippen LogP contribution in [0.15, 0.2) is 65.7 Å². The van der Waals surface area contributed by atoms with Crippen LogP contribution in [-0.2, 0) is 6.61 Å². The number of aliphatic hydroxyl groups excluding tert-OH is 1. The number of nitrogens with one attached hydrogen (secondary N) is 1. The highest BCUT2D eigenvalue weighted by molar-refractivity contribution is 7.07. The van der Waals surface area contributed by atoms with Gasteiger partial charge in [0.2, 0.25) is 0 Å². The number of thiazole rings is 1. The van der Waals surface area contributed by atoms with Crippen molar-refractivity contribution in [3.63, 3.8) is 0 Å². The molecular formula is C19H15ClN4OS. The van der Waals surface area contributed by atoms with Gasteiger partial charge in [0, 0.05) is 28.7 Å². The molecule has 4 aromatic rings. The van der Waals surface area contributed by atoms with Gasteiger partial charge >= 0.3 is 0 Å². The number of benzene rings is 1. The molecule has 0 aliphatic carbocycles. The van der Waals surface area contributed by atoms with Crippen LogP contribution in [0.1, 0.15) is 11.3 Å². The lowest BCUT2D eigenvalue weighted by molar-refractivity contribution is 0.274. The lowest BCUT2D eigenvalue weighted by Crippen LogP contribution is -2.16. The molecule has 0 spiro atoms. The van der Waals surface area contributed by atoms with E-state index in [1.165, 1.54) is 11.3 Å². The summed E-state index contributed by atoms with van der Waals surface area (Å²) in [5.74, 6) is 0. The molecular weight excluding hydrogens is 368 g/mol. The number of hydrogen-bond acceptors (Lipinski definition) is 4. The van der Waals surface area contributed by atoms with Gasteiger partial charge < -0.3 is 10.1 Å². The number of hydrogen-bond donors (Lipinski definition) is 2. The molecule has 0 saturated heterocycles. The van der Waals surface area contributed by atoms with Crippen molar-refractivity contribution >= 4 is 39.7 Å². The van der Waals surface area contributed by atoms with Crippen molar-refractivity contribution in [1.29, 1.82) is 0 Å². The normalized spacial score (nSPS) is 12.0. The Bertz CT molecular complexity index is 1170. The van der Waals surface area contributed by atoms with Crippen LogP contribution >= 0.6 is 22.9 Å². The van der Waals surface area contributed by atoms with Gasteiger partial charge in [-0.1, -0.05) is 30.3 Å². The second-order valence-corrected chi connectivity index (χ2v) is 6.86. The predicted octanol–water partition coefficient (Wildman–Crippen LogP) is 4.13. The van der Waals surface area contributed by atoms with E-state index in [0.717, 1.165) is 28.0 Å². The molecule has 0 unspecified atom stereocenters. The minimum Gasteiger partial charge on any atom is -0.390 e. The van der Waals surface area contributed by atoms with Crippen molar-refractivity contribution in [1.82, 2.24) is 14.5 Å². The first-order valence-corrected chi connectivity index (χ1v) is 9.16. The number of aromatic nitrogens is 3. The van der Waals surface area contributed by atoms with Crippen molar-refractivity contribution < 1.29 is 5.11 Å². The Balaban J connectivity index is 1.89. The van der Waals surface area contributed by atoms with Gasteiger partial charge in [0.05, 0.1) is 28.7 Å². The summed E-state index contributed by atoms with van der Waals surface area (Å²) in [7, 11) is 0. The zero-order valence-electron chi connectivity index (χ0n) is 13.7. The molecule has 0 radical (unpaired) electrons. The quantitative estimate of drug-likeness (QED) is 0.557. The number of halogens is 1. The predicted molar refractivity (Wildman–Crippen MR) is 105 cm³/mol. The van der Waals surface area contributed by atoms with Crippen LogP contribution in [0.4, 0.5) is 0 Å². The molecule has 0 amide bonds. The Kier molecular flexibility index (Phi) is 4.46. The summed E-state index contributed by atoms with van der Waals surface area (Å²) in [5, 5.41) is 13.1. The lowest BCUT2D eigenvalue weighted by atomic mass is 10.1. The Morgan fingerprint density at radius 2 is 2.15 bits per heavy atom. The first-order chi connectivity index (χ1) is 12.7. The number of nitrogens with zero attached hydrogens (tertiary/aromatic N) is 3. The van der Waals surface area contributed by atoms with E-state index in [0.29, 0.717) is 15.5 Å². The van der Waals surface area contributed by atoms with E-state index in [2.05, 4.69) is 16.5 Å². The Morgan fingerprint density at radius 3 is 2.96 bits per heavy atom. The van der Waals surface area contributed by atoms with Crippen molar-refractivity contribution in [2.45, 2.75) is 6.61 Å². The van der Waals surface area contributed by atoms with Crippen molar-refractivity contribution in [3.05, 3.63) is 81.8 Å². The van der Waals surface area contributed by atoms with Crippen LogP contribution in [0.2, 0.25) is 5.02 Å². The van der Waals surface area contributed by atoms with E-state index in [-0.39, 0.29) is 6.61 Å². The molecule has 5 nitrogen and oxygen atoms in total. The number of aliphatic hydroxyl groups is 1. The van der Waals surface area contributed by atoms with Gasteiger partial charge in [0.15, 0.2) is 4.80 Å². The zero-order valence-corrected chi connectivity index (χ0v) is 15.3. The van der Waals surface area contributed by atoms with Crippen LogP contribution in [0.25, 0.3) is 22.4 Å². The summed E-state index contributed by atoms with van der Waals surface area (Å²) in [6.45, 7) is 4.02. The van der Waals surface area contributed by atoms with Crippen LogP contribution < -0.4 is 4.80 Å². The summed E-state index contributed by atoms with van der Waals surface area (Å²) in [6.07, 6.45) is 3.57. The average Bonchev–Trinajstić information content (AvgIpc) is 3.28. The fourth-order valence-electron chi connectivity index (χ4n) is 2.81. The van der Waals surface area contributed by atoms with E-state index in [9.17, 15) is 5.11 Å². The van der Waals surface area contributed by atoms with Gasteiger partial charge in [-0.25, -0.2) is 9.98 Å². The van der Waals surface area contributed by atoms with Gasteiger partial charge in [-0.2, -0.15) is 0 Å². The number of pyridine rings is 1. The zero-order chi connectivity index (χ0) is 18.1. The fraction of sp³-hybridized carbons (Fsp3) is 0.0526. The van der Waals surface area contributed by atoms with E-state index in [1.807, 2.05) is 52.5 Å². The van der Waals surface area contributed by atoms with Crippen LogP contribution in [0.5, 0.6) is 0 Å². The third kappa shape index (κ3) is 2.88. The van der Waals surface area contributed by atoms with Gasteiger partial charge in [-0.3, -0.25) is 4.57 Å². The summed E-state index contributed by atoms with van der Waals surface area (Å²) in [5.41, 5.74) is 3.80. The Morgan fingerprint density at radius 1 is 1.31 bits per heavy atom. The van der Waals surface area contributed by atoms with Gasteiger partial charge in [-0.05, 0) is 24.3 Å². The first-order valence-electron chi connectivity index (χ1n) is 7.90. The first kappa shape index (κ1) is 16.8. The molecule has 3 aromatic heterocycles. The van der Waals surface area contributed by atoms with Gasteiger partial charge in [0.1, 0.15) is 5.65 Å². The topological polar surface area (TPSA) is 66.2 Å².